The van der Waals surface area contributed by atoms with Crippen LogP contribution in [0.1, 0.15) is 38.7 Å². The van der Waals surface area contributed by atoms with E-state index >= 15 is 0 Å². The maximum absolute atomic E-state index is 14.3. The van der Waals surface area contributed by atoms with Crippen molar-refractivity contribution < 1.29 is 28.1 Å². The quantitative estimate of drug-likeness (QED) is 0.185. The molecule has 0 radical (unpaired) electrons. The van der Waals surface area contributed by atoms with Crippen molar-refractivity contribution in [2.45, 2.75) is 45.7 Å². The number of nitrogen functional groups attached to an aromatic ring is 1. The van der Waals surface area contributed by atoms with E-state index in [2.05, 4.69) is 15.0 Å². The number of esters is 1. The molecule has 0 amide bonds. The molecule has 2 aromatic heterocycles. The number of fused-ring (bicyclic) bond motifs is 1. The molecule has 2 atom stereocenters. The highest BCUT2D eigenvalue weighted by atomic mass is 31.2. The first-order valence-corrected chi connectivity index (χ1v) is 14.6. The standard InChI is InChI=1S/C25H32N7O6P/c1-3-13-37-23-21-22(29-25(27)30-23)31(16-28-21)12-14-35-17-39(34,38-19-9-7-18(15-26)8-10-19)32-11-5-6-20(32)24(33)36-4-2/h7-10,16,20H,3-6,11-14,17H2,1-2H3,(H2,27,29,30)/t20-,39?/m0/s1. The van der Waals surface area contributed by atoms with Crippen molar-refractivity contribution >= 4 is 30.6 Å². The van der Waals surface area contributed by atoms with Crippen molar-refractivity contribution in [1.29, 1.82) is 5.26 Å². The molecule has 1 aliphatic rings. The van der Waals surface area contributed by atoms with Gasteiger partial charge in [-0.2, -0.15) is 15.2 Å². The molecule has 3 aromatic rings. The third-order valence-corrected chi connectivity index (χ3v) is 8.30. The lowest BCUT2D eigenvalue weighted by Crippen LogP contribution is -2.37. The molecular formula is C25H32N7O6P. The number of carbonyl (C=O) groups is 1. The second kappa shape index (κ2) is 12.9. The normalized spacial score (nSPS) is 17.0. The van der Waals surface area contributed by atoms with Crippen LogP contribution in [-0.2, 0) is 25.4 Å². The van der Waals surface area contributed by atoms with Crippen LogP contribution in [0.5, 0.6) is 11.6 Å². The fourth-order valence-corrected chi connectivity index (χ4v) is 6.44. The molecule has 0 bridgehead atoms. The number of aromatic nitrogens is 4. The van der Waals surface area contributed by atoms with Crippen LogP contribution in [0.3, 0.4) is 0 Å². The summed E-state index contributed by atoms with van der Waals surface area (Å²) < 4.78 is 40.3. The van der Waals surface area contributed by atoms with E-state index in [0.29, 0.717) is 60.9 Å². The lowest BCUT2D eigenvalue weighted by Gasteiger charge is -2.31. The highest BCUT2D eigenvalue weighted by Gasteiger charge is 2.45. The molecule has 0 aliphatic carbocycles. The van der Waals surface area contributed by atoms with Crippen LogP contribution in [0.15, 0.2) is 30.6 Å². The van der Waals surface area contributed by atoms with Crippen LogP contribution in [0, 0.1) is 11.3 Å². The molecule has 1 fully saturated rings. The molecule has 208 valence electrons. The number of ether oxygens (including phenoxy) is 3. The van der Waals surface area contributed by atoms with E-state index in [1.807, 2.05) is 13.0 Å². The van der Waals surface area contributed by atoms with Gasteiger partial charge >= 0.3 is 13.5 Å². The molecule has 0 saturated carbocycles. The summed E-state index contributed by atoms with van der Waals surface area (Å²) in [5, 5.41) is 9.08. The minimum Gasteiger partial charge on any atom is -0.476 e. The zero-order chi connectivity index (χ0) is 27.8. The Balaban J connectivity index is 1.49. The van der Waals surface area contributed by atoms with Gasteiger partial charge < -0.3 is 29.0 Å². The Labute approximate surface area is 226 Å². The van der Waals surface area contributed by atoms with E-state index < -0.39 is 19.5 Å². The first-order chi connectivity index (χ1) is 18.9. The summed E-state index contributed by atoms with van der Waals surface area (Å²) in [5.74, 6) is 0.249. The van der Waals surface area contributed by atoms with E-state index in [9.17, 15) is 9.36 Å². The van der Waals surface area contributed by atoms with Gasteiger partial charge in [0.05, 0.1) is 37.8 Å². The topological polar surface area (TPSA) is 168 Å². The fraction of sp³-hybridized carbons (Fsp3) is 0.480. The number of nitriles is 1. The summed E-state index contributed by atoms with van der Waals surface area (Å²) in [6.45, 7) is 5.28. The Kier molecular flexibility index (Phi) is 9.35. The minimum absolute atomic E-state index is 0.0654. The highest BCUT2D eigenvalue weighted by Crippen LogP contribution is 2.54. The highest BCUT2D eigenvalue weighted by molar-refractivity contribution is 7.56. The van der Waals surface area contributed by atoms with Gasteiger partial charge in [-0.25, -0.2) is 9.65 Å². The van der Waals surface area contributed by atoms with Crippen LogP contribution in [0.25, 0.3) is 11.2 Å². The Morgan fingerprint density at radius 3 is 2.74 bits per heavy atom. The van der Waals surface area contributed by atoms with Crippen molar-refractivity contribution in [2.24, 2.45) is 0 Å². The molecular weight excluding hydrogens is 525 g/mol. The second-order valence-corrected chi connectivity index (χ2v) is 11.1. The van der Waals surface area contributed by atoms with Gasteiger partial charge in [0.1, 0.15) is 18.1 Å². The lowest BCUT2D eigenvalue weighted by molar-refractivity contribution is -0.147. The van der Waals surface area contributed by atoms with Gasteiger partial charge in [-0.3, -0.25) is 9.36 Å². The van der Waals surface area contributed by atoms with Crippen LogP contribution >= 0.6 is 7.52 Å². The molecule has 1 saturated heterocycles. The molecule has 4 rings (SSSR count). The van der Waals surface area contributed by atoms with Crippen LogP contribution in [0.4, 0.5) is 5.95 Å². The first kappa shape index (κ1) is 28.3. The molecule has 1 aromatic carbocycles. The summed E-state index contributed by atoms with van der Waals surface area (Å²) in [6.07, 6.45) is 3.29. The maximum Gasteiger partial charge on any atom is 0.345 e. The molecule has 3 heterocycles. The second-order valence-electron chi connectivity index (χ2n) is 8.82. The Morgan fingerprint density at radius 2 is 2.03 bits per heavy atom. The smallest absolute Gasteiger partial charge is 0.345 e. The molecule has 2 N–H and O–H groups in total. The van der Waals surface area contributed by atoms with Gasteiger partial charge in [0, 0.05) is 13.1 Å². The van der Waals surface area contributed by atoms with Crippen molar-refractivity contribution in [3.8, 4) is 17.7 Å². The van der Waals surface area contributed by atoms with E-state index in [-0.39, 0.29) is 25.5 Å². The Morgan fingerprint density at radius 1 is 1.23 bits per heavy atom. The Bertz CT molecular complexity index is 1370. The van der Waals surface area contributed by atoms with Gasteiger partial charge in [-0.15, -0.1) is 0 Å². The summed E-state index contributed by atoms with van der Waals surface area (Å²) in [7, 11) is -3.69. The largest absolute Gasteiger partial charge is 0.476 e. The van der Waals surface area contributed by atoms with E-state index in [1.54, 1.807) is 46.8 Å². The summed E-state index contributed by atoms with van der Waals surface area (Å²) >= 11 is 0. The van der Waals surface area contributed by atoms with Crippen molar-refractivity contribution in [2.75, 3.05) is 38.4 Å². The average molecular weight is 558 g/mol. The number of rotatable bonds is 13. The van der Waals surface area contributed by atoms with E-state index in [1.165, 1.54) is 0 Å². The average Bonchev–Trinajstić information content (AvgIpc) is 3.59. The number of benzene rings is 1. The van der Waals surface area contributed by atoms with Crippen molar-refractivity contribution in [1.82, 2.24) is 24.2 Å². The van der Waals surface area contributed by atoms with Gasteiger partial charge in [-0.1, -0.05) is 6.92 Å². The fourth-order valence-electron chi connectivity index (χ4n) is 4.24. The predicted molar refractivity (Wildman–Crippen MR) is 142 cm³/mol. The SMILES string of the molecule is CCCOc1nc(N)nc2c1ncn2CCOCP(=O)(Oc1ccc(C#N)cc1)N1CCC[C@H]1C(=O)OCC. The summed E-state index contributed by atoms with van der Waals surface area (Å²) in [5.41, 5.74) is 7.30. The molecule has 0 spiro atoms. The number of hydrogen-bond donors (Lipinski definition) is 1. The van der Waals surface area contributed by atoms with Crippen LogP contribution in [-0.4, -0.2) is 68.9 Å². The first-order valence-electron chi connectivity index (χ1n) is 12.8. The van der Waals surface area contributed by atoms with Gasteiger partial charge in [-0.05, 0) is 50.5 Å². The number of imidazole rings is 1. The van der Waals surface area contributed by atoms with Crippen LogP contribution < -0.4 is 15.0 Å². The third-order valence-electron chi connectivity index (χ3n) is 6.03. The molecule has 1 unspecified atom stereocenters. The van der Waals surface area contributed by atoms with Gasteiger partial charge in [0.15, 0.2) is 11.2 Å². The monoisotopic (exact) mass is 557 g/mol. The minimum atomic E-state index is -3.69. The number of carbonyl (C=O) groups excluding carboxylic acids is 1. The molecule has 39 heavy (non-hydrogen) atoms. The summed E-state index contributed by atoms with van der Waals surface area (Å²) in [4.78, 5) is 25.4. The lowest BCUT2D eigenvalue weighted by atomic mass is 10.2. The molecule has 13 nitrogen and oxygen atoms in total. The van der Waals surface area contributed by atoms with Gasteiger partial charge in [0.25, 0.3) is 0 Å². The number of hydrogen-bond acceptors (Lipinski definition) is 11. The van der Waals surface area contributed by atoms with Crippen molar-refractivity contribution in [3.05, 3.63) is 36.2 Å². The molecule has 14 heteroatoms. The Hall–Kier alpha value is -3.72. The van der Waals surface area contributed by atoms with Gasteiger partial charge in [0.2, 0.25) is 11.8 Å². The number of anilines is 1. The zero-order valence-electron chi connectivity index (χ0n) is 22.0. The van der Waals surface area contributed by atoms with Crippen LogP contribution in [0.2, 0.25) is 0 Å². The summed E-state index contributed by atoms with van der Waals surface area (Å²) in [6, 6.07) is 7.63. The molecule has 1 aliphatic heterocycles. The van der Waals surface area contributed by atoms with E-state index in [4.69, 9.17) is 29.7 Å². The third kappa shape index (κ3) is 6.65. The van der Waals surface area contributed by atoms with E-state index in [0.717, 1.165) is 6.42 Å². The number of nitrogens with zero attached hydrogens (tertiary/aromatic N) is 6. The zero-order valence-corrected chi connectivity index (χ0v) is 22.9. The predicted octanol–water partition coefficient (Wildman–Crippen LogP) is 3.34. The number of nitrogens with two attached hydrogens (primary N) is 1. The maximum atomic E-state index is 14.3. The van der Waals surface area contributed by atoms with Crippen molar-refractivity contribution in [3.63, 3.8) is 0 Å².